The van der Waals surface area contributed by atoms with Crippen molar-refractivity contribution in [2.24, 2.45) is 0 Å². The molecule has 0 unspecified atom stereocenters. The summed E-state index contributed by atoms with van der Waals surface area (Å²) in [5, 5.41) is 4.59. The Morgan fingerprint density at radius 3 is 2.46 bits per heavy atom. The molecule has 0 amide bonds. The number of aromatic nitrogens is 2. The molecule has 1 fully saturated rings. The highest BCUT2D eigenvalue weighted by Gasteiger charge is 2.40. The minimum Gasteiger partial charge on any atom is -0.488 e. The Morgan fingerprint density at radius 2 is 1.74 bits per heavy atom. The molecule has 35 heavy (non-hydrogen) atoms. The second-order valence-corrected chi connectivity index (χ2v) is 16.7. The van der Waals surface area contributed by atoms with Crippen LogP contribution in [0.25, 0.3) is 10.9 Å². The van der Waals surface area contributed by atoms with Crippen molar-refractivity contribution < 1.29 is 9.16 Å². The first-order valence-electron chi connectivity index (χ1n) is 12.6. The van der Waals surface area contributed by atoms with E-state index in [9.17, 15) is 0 Å². The van der Waals surface area contributed by atoms with E-state index in [4.69, 9.17) is 14.1 Å². The standard InChI is InChI=1S/C28H39N3O2SSi/c1-28(2,3)35(5,6)33-24-15-13-23(14-16-24)32-25-12-8-10-21-18-29-27(31-26(21)25)30-22-11-7-9-20(17-22)19-34-4/h7-12,17-18,23-24H,13-16,19H2,1-6H3,(H,29,30,31). The fraction of sp³-hybridized carbons (Fsp3) is 0.500. The minimum atomic E-state index is -1.74. The molecule has 188 valence electrons. The minimum absolute atomic E-state index is 0.189. The van der Waals surface area contributed by atoms with Gasteiger partial charge in [-0.15, -0.1) is 0 Å². The van der Waals surface area contributed by atoms with Crippen LogP contribution in [-0.4, -0.2) is 36.7 Å². The van der Waals surface area contributed by atoms with Crippen molar-refractivity contribution in [1.82, 2.24) is 9.97 Å². The number of benzene rings is 2. The van der Waals surface area contributed by atoms with Gasteiger partial charge >= 0.3 is 0 Å². The summed E-state index contributed by atoms with van der Waals surface area (Å²) >= 11 is 1.81. The molecule has 0 saturated heterocycles. The summed E-state index contributed by atoms with van der Waals surface area (Å²) in [5.41, 5.74) is 3.12. The van der Waals surface area contributed by atoms with Gasteiger partial charge in [-0.3, -0.25) is 0 Å². The molecule has 0 radical (unpaired) electrons. The smallest absolute Gasteiger partial charge is 0.227 e. The molecule has 1 saturated carbocycles. The largest absolute Gasteiger partial charge is 0.488 e. The predicted octanol–water partition coefficient (Wildman–Crippen LogP) is 7.95. The van der Waals surface area contributed by atoms with E-state index in [1.165, 1.54) is 5.56 Å². The number of thioether (sulfide) groups is 1. The lowest BCUT2D eigenvalue weighted by molar-refractivity contribution is 0.0732. The predicted molar refractivity (Wildman–Crippen MR) is 151 cm³/mol. The van der Waals surface area contributed by atoms with Crippen molar-refractivity contribution in [2.75, 3.05) is 11.6 Å². The van der Waals surface area contributed by atoms with Gasteiger partial charge in [0.15, 0.2) is 8.32 Å². The zero-order chi connectivity index (χ0) is 25.1. The molecule has 4 rings (SSSR count). The fourth-order valence-corrected chi connectivity index (χ4v) is 6.19. The first kappa shape index (κ1) is 26.0. The monoisotopic (exact) mass is 509 g/mol. The van der Waals surface area contributed by atoms with E-state index in [0.29, 0.717) is 12.1 Å². The summed E-state index contributed by atoms with van der Waals surface area (Å²) in [6, 6.07) is 14.5. The third-order valence-corrected chi connectivity index (χ3v) is 12.4. The van der Waals surface area contributed by atoms with Crippen molar-refractivity contribution in [2.45, 2.75) is 82.5 Å². The molecule has 0 spiro atoms. The topological polar surface area (TPSA) is 56.3 Å². The number of hydrogen-bond acceptors (Lipinski definition) is 6. The maximum Gasteiger partial charge on any atom is 0.227 e. The van der Waals surface area contributed by atoms with Crippen LogP contribution in [0, 0.1) is 0 Å². The number of anilines is 2. The number of fused-ring (bicyclic) bond motifs is 1. The van der Waals surface area contributed by atoms with E-state index in [-0.39, 0.29) is 11.1 Å². The Kier molecular flexibility index (Phi) is 8.08. The van der Waals surface area contributed by atoms with Gasteiger partial charge in [0.1, 0.15) is 11.3 Å². The van der Waals surface area contributed by atoms with Crippen molar-refractivity contribution in [3.05, 3.63) is 54.2 Å². The average molecular weight is 510 g/mol. The van der Waals surface area contributed by atoms with E-state index in [1.54, 1.807) is 0 Å². The number of ether oxygens (including phenoxy) is 1. The molecule has 7 heteroatoms. The maximum atomic E-state index is 6.66. The summed E-state index contributed by atoms with van der Waals surface area (Å²) in [4.78, 5) is 9.36. The van der Waals surface area contributed by atoms with E-state index >= 15 is 0 Å². The number of rotatable bonds is 8. The van der Waals surface area contributed by atoms with Crippen LogP contribution >= 0.6 is 11.8 Å². The van der Waals surface area contributed by atoms with E-state index in [2.05, 4.69) is 68.6 Å². The molecule has 0 atom stereocenters. The van der Waals surface area contributed by atoms with Gasteiger partial charge in [0.05, 0.1) is 6.10 Å². The molecule has 1 N–H and O–H groups in total. The van der Waals surface area contributed by atoms with Gasteiger partial charge in [-0.1, -0.05) is 45.0 Å². The third kappa shape index (κ3) is 6.57. The molecule has 5 nitrogen and oxygen atoms in total. The van der Waals surface area contributed by atoms with Crippen molar-refractivity contribution in [1.29, 1.82) is 0 Å². The molecular weight excluding hydrogens is 470 g/mol. The van der Waals surface area contributed by atoms with Gasteiger partial charge in [-0.25, -0.2) is 9.97 Å². The third-order valence-electron chi connectivity index (χ3n) is 7.25. The highest BCUT2D eigenvalue weighted by atomic mass is 32.2. The van der Waals surface area contributed by atoms with Crippen molar-refractivity contribution in [3.63, 3.8) is 0 Å². The lowest BCUT2D eigenvalue weighted by Gasteiger charge is -2.41. The average Bonchev–Trinajstić information content (AvgIpc) is 2.80. The lowest BCUT2D eigenvalue weighted by atomic mass is 9.95. The second-order valence-electron chi connectivity index (χ2n) is 11.0. The van der Waals surface area contributed by atoms with Crippen LogP contribution in [0.15, 0.2) is 48.7 Å². The first-order valence-corrected chi connectivity index (χ1v) is 16.9. The molecule has 0 aliphatic heterocycles. The van der Waals surface area contributed by atoms with Gasteiger partial charge in [-0.05, 0) is 73.8 Å². The number of nitrogens with one attached hydrogen (secondary N) is 1. The Morgan fingerprint density at radius 1 is 1.03 bits per heavy atom. The molecule has 1 aliphatic carbocycles. The van der Waals surface area contributed by atoms with Crippen LogP contribution in [0.1, 0.15) is 52.0 Å². The molecule has 1 heterocycles. The summed E-state index contributed by atoms with van der Waals surface area (Å²) < 4.78 is 13.2. The molecule has 2 aromatic carbocycles. The lowest BCUT2D eigenvalue weighted by Crippen LogP contribution is -2.45. The number of hydrogen-bond donors (Lipinski definition) is 1. The van der Waals surface area contributed by atoms with Gasteiger partial charge in [0.25, 0.3) is 0 Å². The molecule has 0 bridgehead atoms. The highest BCUT2D eigenvalue weighted by molar-refractivity contribution is 7.97. The quantitative estimate of drug-likeness (QED) is 0.311. The van der Waals surface area contributed by atoms with E-state index < -0.39 is 8.32 Å². The van der Waals surface area contributed by atoms with E-state index in [1.807, 2.05) is 42.2 Å². The summed E-state index contributed by atoms with van der Waals surface area (Å²) in [7, 11) is -1.74. The zero-order valence-corrected chi connectivity index (χ0v) is 23.7. The van der Waals surface area contributed by atoms with Crippen LogP contribution in [0.2, 0.25) is 18.1 Å². The van der Waals surface area contributed by atoms with E-state index in [0.717, 1.165) is 53.8 Å². The SMILES string of the molecule is CSCc1cccc(Nc2ncc3cccc(OC4CCC(O[Si](C)(C)C(C)(C)C)CC4)c3n2)c1. The normalized spacial score (nSPS) is 19.0. The summed E-state index contributed by atoms with van der Waals surface area (Å²) in [6.45, 7) is 11.6. The number of para-hydroxylation sites is 1. The Balaban J connectivity index is 1.43. The zero-order valence-electron chi connectivity index (χ0n) is 21.9. The Hall–Kier alpha value is -2.09. The van der Waals surface area contributed by atoms with Gasteiger partial charge in [-0.2, -0.15) is 11.8 Å². The molecular formula is C28H39N3O2SSi. The van der Waals surface area contributed by atoms with Crippen molar-refractivity contribution >= 4 is 42.6 Å². The van der Waals surface area contributed by atoms with Crippen LogP contribution in [0.5, 0.6) is 5.75 Å². The molecule has 1 aromatic heterocycles. The van der Waals surface area contributed by atoms with Gasteiger partial charge in [0.2, 0.25) is 5.95 Å². The maximum absolute atomic E-state index is 6.66. The van der Waals surface area contributed by atoms with Gasteiger partial charge < -0.3 is 14.5 Å². The van der Waals surface area contributed by atoms with Crippen LogP contribution in [0.4, 0.5) is 11.6 Å². The highest BCUT2D eigenvalue weighted by Crippen LogP contribution is 2.39. The van der Waals surface area contributed by atoms with Gasteiger partial charge in [0, 0.05) is 29.1 Å². The Bertz CT molecular complexity index is 1140. The van der Waals surface area contributed by atoms with Crippen LogP contribution < -0.4 is 10.1 Å². The fourth-order valence-electron chi connectivity index (χ4n) is 4.26. The molecule has 1 aliphatic rings. The Labute approximate surface area is 215 Å². The summed E-state index contributed by atoms with van der Waals surface area (Å²) in [6.07, 6.45) is 8.64. The van der Waals surface area contributed by atoms with Crippen LogP contribution in [-0.2, 0) is 10.2 Å². The second kappa shape index (κ2) is 10.9. The molecule has 3 aromatic rings. The number of nitrogens with zero attached hydrogens (tertiary/aromatic N) is 2. The van der Waals surface area contributed by atoms with Crippen molar-refractivity contribution in [3.8, 4) is 5.75 Å². The van der Waals surface area contributed by atoms with Crippen LogP contribution in [0.3, 0.4) is 0 Å². The summed E-state index contributed by atoms with van der Waals surface area (Å²) in [5.74, 6) is 2.40. The first-order chi connectivity index (χ1) is 16.6.